The number of anilines is 1. The first kappa shape index (κ1) is 15.0. The molecule has 0 bridgehead atoms. The highest BCUT2D eigenvalue weighted by molar-refractivity contribution is 9.10. The number of aryl methyl sites for hydroxylation is 1. The number of pyridine rings is 1. The van der Waals surface area contributed by atoms with Gasteiger partial charge in [-0.1, -0.05) is 12.8 Å². The van der Waals surface area contributed by atoms with Crippen LogP contribution in [0.2, 0.25) is 0 Å². The predicted molar refractivity (Wildman–Crippen MR) is 87.1 cm³/mol. The molecule has 116 valence electrons. The number of hydrogen-bond acceptors (Lipinski definition) is 3. The number of rotatable bonds is 3. The Morgan fingerprint density at radius 1 is 1.41 bits per heavy atom. The van der Waals surface area contributed by atoms with E-state index in [1.807, 2.05) is 0 Å². The summed E-state index contributed by atoms with van der Waals surface area (Å²) >= 11 is 3.33. The van der Waals surface area contributed by atoms with Crippen LogP contribution in [-0.4, -0.2) is 20.3 Å². The fourth-order valence-corrected chi connectivity index (χ4v) is 3.42. The van der Waals surface area contributed by atoms with E-state index in [0.29, 0.717) is 5.69 Å². The Hall–Kier alpha value is -1.89. The first-order valence-corrected chi connectivity index (χ1v) is 8.06. The Labute approximate surface area is 136 Å². The van der Waals surface area contributed by atoms with Crippen molar-refractivity contribution in [2.75, 3.05) is 5.32 Å². The SMILES string of the molecule is Cn1cc(Br)cc(NC(=O)c2ccnn2C2CCCC2)c1=O. The second-order valence-electron chi connectivity index (χ2n) is 5.54. The summed E-state index contributed by atoms with van der Waals surface area (Å²) in [6.45, 7) is 0. The molecule has 0 unspecified atom stereocenters. The minimum absolute atomic E-state index is 0.247. The number of nitrogens with zero attached hydrogens (tertiary/aromatic N) is 3. The lowest BCUT2D eigenvalue weighted by atomic mass is 10.2. The molecule has 22 heavy (non-hydrogen) atoms. The summed E-state index contributed by atoms with van der Waals surface area (Å²) in [4.78, 5) is 24.6. The highest BCUT2D eigenvalue weighted by Crippen LogP contribution is 2.29. The van der Waals surface area contributed by atoms with Gasteiger partial charge in [-0.2, -0.15) is 5.10 Å². The Kier molecular flexibility index (Phi) is 4.15. The van der Waals surface area contributed by atoms with E-state index in [9.17, 15) is 9.59 Å². The molecule has 2 aromatic rings. The maximum atomic E-state index is 12.5. The van der Waals surface area contributed by atoms with Gasteiger partial charge in [-0.3, -0.25) is 14.3 Å². The Morgan fingerprint density at radius 3 is 2.86 bits per heavy atom. The molecule has 0 spiro atoms. The van der Waals surface area contributed by atoms with Crippen molar-refractivity contribution in [3.8, 4) is 0 Å². The van der Waals surface area contributed by atoms with E-state index >= 15 is 0 Å². The Balaban J connectivity index is 1.87. The first-order valence-electron chi connectivity index (χ1n) is 7.27. The van der Waals surface area contributed by atoms with Gasteiger partial charge < -0.3 is 9.88 Å². The van der Waals surface area contributed by atoms with Crippen LogP contribution in [0, 0.1) is 0 Å². The standard InChI is InChI=1S/C15H17BrN4O2/c1-19-9-10(16)8-12(15(19)22)18-14(21)13-6-7-17-20(13)11-4-2-3-5-11/h6-9,11H,2-5H2,1H3,(H,18,21). The lowest BCUT2D eigenvalue weighted by Crippen LogP contribution is -2.26. The summed E-state index contributed by atoms with van der Waals surface area (Å²) in [5, 5.41) is 6.98. The Morgan fingerprint density at radius 2 is 2.14 bits per heavy atom. The Bertz CT molecular complexity index is 759. The van der Waals surface area contributed by atoms with Crippen molar-refractivity contribution in [1.82, 2.24) is 14.3 Å². The molecule has 0 aromatic carbocycles. The van der Waals surface area contributed by atoms with Crippen molar-refractivity contribution in [2.24, 2.45) is 7.05 Å². The number of amides is 1. The monoisotopic (exact) mass is 364 g/mol. The summed E-state index contributed by atoms with van der Waals surface area (Å²) in [6, 6.07) is 3.58. The van der Waals surface area contributed by atoms with Crippen molar-refractivity contribution in [2.45, 2.75) is 31.7 Å². The molecule has 0 radical (unpaired) electrons. The summed E-state index contributed by atoms with van der Waals surface area (Å²) in [5.41, 5.74) is 0.499. The topological polar surface area (TPSA) is 68.9 Å². The van der Waals surface area contributed by atoms with Crippen molar-refractivity contribution < 1.29 is 4.79 Å². The minimum atomic E-state index is -0.306. The summed E-state index contributed by atoms with van der Waals surface area (Å²) in [6.07, 6.45) is 7.70. The van der Waals surface area contributed by atoms with Crippen LogP contribution in [0.5, 0.6) is 0 Å². The van der Waals surface area contributed by atoms with Gasteiger partial charge in [-0.05, 0) is 40.9 Å². The summed E-state index contributed by atoms with van der Waals surface area (Å²) in [7, 11) is 1.64. The molecule has 0 aliphatic heterocycles. The molecule has 0 saturated heterocycles. The van der Waals surface area contributed by atoms with Crippen molar-refractivity contribution in [1.29, 1.82) is 0 Å². The van der Waals surface area contributed by atoms with Crippen LogP contribution in [-0.2, 0) is 7.05 Å². The van der Waals surface area contributed by atoms with Crippen LogP contribution in [0.1, 0.15) is 42.2 Å². The highest BCUT2D eigenvalue weighted by atomic mass is 79.9. The molecule has 1 aliphatic carbocycles. The van der Waals surface area contributed by atoms with E-state index in [4.69, 9.17) is 0 Å². The molecule has 1 fully saturated rings. The van der Waals surface area contributed by atoms with Gasteiger partial charge in [0.2, 0.25) is 0 Å². The number of aromatic nitrogens is 3. The lowest BCUT2D eigenvalue weighted by Gasteiger charge is -2.14. The van der Waals surface area contributed by atoms with Gasteiger partial charge in [0, 0.05) is 23.9 Å². The molecule has 6 nitrogen and oxygen atoms in total. The van der Waals surface area contributed by atoms with Crippen molar-refractivity contribution in [3.63, 3.8) is 0 Å². The van der Waals surface area contributed by atoms with Crippen LogP contribution in [0.15, 0.2) is 33.8 Å². The largest absolute Gasteiger partial charge is 0.316 e. The van der Waals surface area contributed by atoms with Gasteiger partial charge in [0.05, 0.1) is 6.04 Å². The van der Waals surface area contributed by atoms with E-state index in [1.54, 1.807) is 36.3 Å². The van der Waals surface area contributed by atoms with E-state index in [2.05, 4.69) is 26.3 Å². The normalized spacial score (nSPS) is 15.2. The fourth-order valence-electron chi connectivity index (χ4n) is 2.88. The molecule has 7 heteroatoms. The first-order chi connectivity index (χ1) is 10.6. The maximum absolute atomic E-state index is 12.5. The lowest BCUT2D eigenvalue weighted by molar-refractivity contribution is 0.101. The van der Waals surface area contributed by atoms with Gasteiger partial charge >= 0.3 is 0 Å². The second-order valence-corrected chi connectivity index (χ2v) is 6.46. The maximum Gasteiger partial charge on any atom is 0.274 e. The molecule has 0 atom stereocenters. The molecule has 1 aliphatic rings. The number of halogens is 1. The summed E-state index contributed by atoms with van der Waals surface area (Å²) < 4.78 is 3.94. The molecular formula is C15H17BrN4O2. The van der Waals surface area contributed by atoms with Gasteiger partial charge in [0.15, 0.2) is 0 Å². The van der Waals surface area contributed by atoms with Crippen molar-refractivity contribution >= 4 is 27.5 Å². The molecule has 1 saturated carbocycles. The quantitative estimate of drug-likeness (QED) is 0.910. The second kappa shape index (κ2) is 6.08. The molecule has 3 rings (SSSR count). The highest BCUT2D eigenvalue weighted by Gasteiger charge is 2.23. The fraction of sp³-hybridized carbons (Fsp3) is 0.400. The van der Waals surface area contributed by atoms with E-state index < -0.39 is 0 Å². The average Bonchev–Trinajstić information content (AvgIpc) is 3.14. The van der Waals surface area contributed by atoms with Gasteiger partial charge in [-0.15, -0.1) is 0 Å². The zero-order chi connectivity index (χ0) is 15.7. The molecule has 2 aromatic heterocycles. The van der Waals surface area contributed by atoms with Crippen LogP contribution in [0.4, 0.5) is 5.69 Å². The van der Waals surface area contributed by atoms with E-state index in [0.717, 1.165) is 30.2 Å². The van der Waals surface area contributed by atoms with Crippen LogP contribution >= 0.6 is 15.9 Å². The molecule has 2 heterocycles. The van der Waals surface area contributed by atoms with Gasteiger partial charge in [0.1, 0.15) is 11.4 Å². The number of carbonyl (C=O) groups is 1. The number of nitrogens with one attached hydrogen (secondary N) is 1. The molecule has 1 amide bonds. The predicted octanol–water partition coefficient (Wildman–Crippen LogP) is 2.71. The third kappa shape index (κ3) is 2.85. The molecule has 1 N–H and O–H groups in total. The zero-order valence-corrected chi connectivity index (χ0v) is 13.8. The van der Waals surface area contributed by atoms with Crippen LogP contribution < -0.4 is 10.9 Å². The molecular weight excluding hydrogens is 348 g/mol. The van der Waals surface area contributed by atoms with Gasteiger partial charge in [0.25, 0.3) is 11.5 Å². The average molecular weight is 365 g/mol. The third-order valence-corrected chi connectivity index (χ3v) is 4.41. The number of hydrogen-bond donors (Lipinski definition) is 1. The third-order valence-electron chi connectivity index (χ3n) is 3.97. The summed E-state index contributed by atoms with van der Waals surface area (Å²) in [5.74, 6) is -0.306. The number of carbonyl (C=O) groups excluding carboxylic acids is 1. The van der Waals surface area contributed by atoms with Crippen molar-refractivity contribution in [3.05, 3.63) is 45.0 Å². The van der Waals surface area contributed by atoms with E-state index in [1.165, 1.54) is 4.57 Å². The van der Waals surface area contributed by atoms with Crippen LogP contribution in [0.3, 0.4) is 0 Å². The van der Waals surface area contributed by atoms with E-state index in [-0.39, 0.29) is 23.2 Å². The minimum Gasteiger partial charge on any atom is -0.316 e. The van der Waals surface area contributed by atoms with Gasteiger partial charge in [-0.25, -0.2) is 0 Å². The smallest absolute Gasteiger partial charge is 0.274 e. The zero-order valence-electron chi connectivity index (χ0n) is 12.3. The van der Waals surface area contributed by atoms with Crippen LogP contribution in [0.25, 0.3) is 0 Å².